The zero-order valence-corrected chi connectivity index (χ0v) is 17.9. The Hall–Kier alpha value is -2.61. The maximum absolute atomic E-state index is 13.3. The lowest BCUT2D eigenvalue weighted by Gasteiger charge is -2.24. The molecule has 0 aromatic heterocycles. The third-order valence-corrected chi connectivity index (χ3v) is 5.61. The highest BCUT2D eigenvalue weighted by atomic mass is 32.2. The van der Waals surface area contributed by atoms with Gasteiger partial charge >= 0.3 is 0 Å². The van der Waals surface area contributed by atoms with Gasteiger partial charge in [-0.05, 0) is 55.8 Å². The fourth-order valence-electron chi connectivity index (χ4n) is 3.02. The van der Waals surface area contributed by atoms with Gasteiger partial charge in [0.05, 0.1) is 25.6 Å². The Morgan fingerprint density at radius 3 is 2.41 bits per heavy atom. The van der Waals surface area contributed by atoms with Crippen molar-refractivity contribution < 1.29 is 22.3 Å². The molecule has 0 heterocycles. The Labute approximate surface area is 171 Å². The van der Waals surface area contributed by atoms with E-state index in [-0.39, 0.29) is 18.5 Å². The number of benzene rings is 2. The largest absolute Gasteiger partial charge is 0.496 e. The van der Waals surface area contributed by atoms with Crippen molar-refractivity contribution in [2.75, 3.05) is 17.7 Å². The molecule has 0 saturated heterocycles. The van der Waals surface area contributed by atoms with Gasteiger partial charge in [0.25, 0.3) is 5.91 Å². The van der Waals surface area contributed by atoms with E-state index < -0.39 is 15.8 Å². The number of amides is 1. The van der Waals surface area contributed by atoms with E-state index in [2.05, 4.69) is 5.32 Å². The van der Waals surface area contributed by atoms with E-state index in [1.807, 2.05) is 13.8 Å². The maximum Gasteiger partial charge on any atom is 0.251 e. The molecule has 8 heteroatoms. The number of hydrogen-bond acceptors (Lipinski definition) is 4. The van der Waals surface area contributed by atoms with Gasteiger partial charge < -0.3 is 10.1 Å². The van der Waals surface area contributed by atoms with Crippen LogP contribution in [0.15, 0.2) is 42.5 Å². The normalized spacial score (nSPS) is 12.3. The molecule has 0 radical (unpaired) electrons. The SMILES string of the molecule is CCC[C@H](C)NC(=O)c1ccc(OC)c(CN(c2ccc(F)cc2)S(C)(=O)=O)c1. The Kier molecular flexibility index (Phi) is 7.61. The third kappa shape index (κ3) is 6.19. The Balaban J connectivity index is 2.37. The van der Waals surface area contributed by atoms with Crippen LogP contribution in [0.2, 0.25) is 0 Å². The molecule has 0 fully saturated rings. The molecule has 2 aromatic rings. The topological polar surface area (TPSA) is 75.7 Å². The average molecular weight is 423 g/mol. The predicted molar refractivity (Wildman–Crippen MR) is 112 cm³/mol. The van der Waals surface area contributed by atoms with Crippen LogP contribution in [0.5, 0.6) is 5.75 Å². The molecule has 2 rings (SSSR count). The molecule has 6 nitrogen and oxygen atoms in total. The number of methoxy groups -OCH3 is 1. The van der Waals surface area contributed by atoms with Crippen LogP contribution < -0.4 is 14.4 Å². The van der Waals surface area contributed by atoms with Crippen LogP contribution in [-0.2, 0) is 16.6 Å². The standard InChI is InChI=1S/C21H27FN2O4S/c1-5-6-15(2)23-21(25)16-7-12-20(28-3)17(13-16)14-24(29(4,26)27)19-10-8-18(22)9-11-19/h7-13,15H,5-6,14H2,1-4H3,(H,23,25)/t15-/m0/s1. The molecule has 1 atom stereocenters. The zero-order chi connectivity index (χ0) is 21.6. The first-order chi connectivity index (χ1) is 13.7. The fraction of sp³-hybridized carbons (Fsp3) is 0.381. The molecule has 1 N–H and O–H groups in total. The summed E-state index contributed by atoms with van der Waals surface area (Å²) in [4.78, 5) is 12.5. The van der Waals surface area contributed by atoms with Crippen molar-refractivity contribution in [3.05, 3.63) is 59.4 Å². The number of carbonyl (C=O) groups is 1. The second-order valence-corrected chi connectivity index (χ2v) is 8.84. The second-order valence-electron chi connectivity index (χ2n) is 6.94. The summed E-state index contributed by atoms with van der Waals surface area (Å²) in [5.74, 6) is -0.235. The molecule has 0 saturated carbocycles. The monoisotopic (exact) mass is 422 g/mol. The van der Waals surface area contributed by atoms with Crippen molar-refractivity contribution in [2.45, 2.75) is 39.3 Å². The Morgan fingerprint density at radius 1 is 1.21 bits per heavy atom. The molecular weight excluding hydrogens is 395 g/mol. The minimum atomic E-state index is -3.66. The van der Waals surface area contributed by atoms with Crippen molar-refractivity contribution in [1.82, 2.24) is 5.32 Å². The molecule has 0 aliphatic rings. The van der Waals surface area contributed by atoms with Crippen molar-refractivity contribution in [3.8, 4) is 5.75 Å². The van der Waals surface area contributed by atoms with Crippen molar-refractivity contribution in [3.63, 3.8) is 0 Å². The van der Waals surface area contributed by atoms with Gasteiger partial charge in [-0.25, -0.2) is 12.8 Å². The molecular formula is C21H27FN2O4S. The summed E-state index contributed by atoms with van der Waals surface area (Å²) in [6, 6.07) is 10.1. The van der Waals surface area contributed by atoms with Crippen LogP contribution in [0.1, 0.15) is 42.6 Å². The molecule has 0 aliphatic carbocycles. The number of nitrogens with zero attached hydrogens (tertiary/aromatic N) is 1. The quantitative estimate of drug-likeness (QED) is 0.668. The Morgan fingerprint density at radius 2 is 1.86 bits per heavy atom. The molecule has 158 valence electrons. The van der Waals surface area contributed by atoms with Crippen molar-refractivity contribution >= 4 is 21.6 Å². The number of sulfonamides is 1. The summed E-state index contributed by atoms with van der Waals surface area (Å²) in [6.45, 7) is 3.92. The van der Waals surface area contributed by atoms with Gasteiger partial charge in [0.2, 0.25) is 10.0 Å². The van der Waals surface area contributed by atoms with Crippen molar-refractivity contribution in [2.24, 2.45) is 0 Å². The van der Waals surface area contributed by atoms with Gasteiger partial charge in [0.15, 0.2) is 0 Å². The number of hydrogen-bond donors (Lipinski definition) is 1. The van der Waals surface area contributed by atoms with Gasteiger partial charge in [-0.15, -0.1) is 0 Å². The first-order valence-corrected chi connectivity index (χ1v) is 11.2. The smallest absolute Gasteiger partial charge is 0.251 e. The highest BCUT2D eigenvalue weighted by Crippen LogP contribution is 2.26. The molecule has 0 spiro atoms. The molecule has 0 bridgehead atoms. The lowest BCUT2D eigenvalue weighted by atomic mass is 10.1. The van der Waals surface area contributed by atoms with Gasteiger partial charge in [-0.1, -0.05) is 13.3 Å². The predicted octanol–water partition coefficient (Wildman–Crippen LogP) is 3.72. The van der Waals surface area contributed by atoms with E-state index in [1.165, 1.54) is 31.4 Å². The summed E-state index contributed by atoms with van der Waals surface area (Å²) in [5.41, 5.74) is 1.26. The number of anilines is 1. The molecule has 29 heavy (non-hydrogen) atoms. The van der Waals surface area contributed by atoms with E-state index in [4.69, 9.17) is 4.74 Å². The number of halogens is 1. The van der Waals surface area contributed by atoms with Crippen LogP contribution in [0.25, 0.3) is 0 Å². The maximum atomic E-state index is 13.3. The fourth-order valence-corrected chi connectivity index (χ4v) is 3.90. The van der Waals surface area contributed by atoms with Gasteiger partial charge in [-0.3, -0.25) is 9.10 Å². The lowest BCUT2D eigenvalue weighted by molar-refractivity contribution is 0.0938. The molecule has 0 unspecified atom stereocenters. The average Bonchev–Trinajstić information content (AvgIpc) is 2.66. The van der Waals surface area contributed by atoms with E-state index in [0.29, 0.717) is 22.6 Å². The number of carbonyl (C=O) groups excluding carboxylic acids is 1. The van der Waals surface area contributed by atoms with E-state index in [1.54, 1.807) is 18.2 Å². The van der Waals surface area contributed by atoms with E-state index in [9.17, 15) is 17.6 Å². The third-order valence-electron chi connectivity index (χ3n) is 4.47. The van der Waals surface area contributed by atoms with Gasteiger partial charge in [0.1, 0.15) is 11.6 Å². The highest BCUT2D eigenvalue weighted by Gasteiger charge is 2.21. The lowest BCUT2D eigenvalue weighted by Crippen LogP contribution is -2.33. The minimum Gasteiger partial charge on any atom is -0.496 e. The molecule has 1 amide bonds. The Bertz CT molecular complexity index is 946. The van der Waals surface area contributed by atoms with Gasteiger partial charge in [-0.2, -0.15) is 0 Å². The van der Waals surface area contributed by atoms with Crippen LogP contribution in [0.4, 0.5) is 10.1 Å². The van der Waals surface area contributed by atoms with Crippen molar-refractivity contribution in [1.29, 1.82) is 0 Å². The second kappa shape index (κ2) is 9.73. The molecule has 0 aliphatic heterocycles. The number of ether oxygens (including phenoxy) is 1. The highest BCUT2D eigenvalue weighted by molar-refractivity contribution is 7.92. The van der Waals surface area contributed by atoms with Gasteiger partial charge in [0, 0.05) is 17.2 Å². The summed E-state index contributed by atoms with van der Waals surface area (Å²) in [5, 5.41) is 2.93. The van der Waals surface area contributed by atoms with E-state index >= 15 is 0 Å². The number of rotatable bonds is 9. The summed E-state index contributed by atoms with van der Waals surface area (Å²) in [7, 11) is -2.18. The zero-order valence-electron chi connectivity index (χ0n) is 17.1. The minimum absolute atomic E-state index is 0.0322. The van der Waals surface area contributed by atoms with Crippen LogP contribution in [-0.4, -0.2) is 33.7 Å². The summed E-state index contributed by atoms with van der Waals surface area (Å²) >= 11 is 0. The first kappa shape index (κ1) is 22.7. The van der Waals surface area contributed by atoms with Crippen LogP contribution in [0.3, 0.4) is 0 Å². The summed E-state index contributed by atoms with van der Waals surface area (Å²) < 4.78 is 44.5. The van der Waals surface area contributed by atoms with Crippen LogP contribution >= 0.6 is 0 Å². The van der Waals surface area contributed by atoms with Crippen LogP contribution in [0, 0.1) is 5.82 Å². The molecule has 2 aromatic carbocycles. The number of nitrogens with one attached hydrogen (secondary N) is 1. The van der Waals surface area contributed by atoms with E-state index in [0.717, 1.165) is 23.4 Å². The first-order valence-electron chi connectivity index (χ1n) is 9.36. The summed E-state index contributed by atoms with van der Waals surface area (Å²) in [6.07, 6.45) is 2.89.